The third-order valence-corrected chi connectivity index (χ3v) is 6.12. The Labute approximate surface area is 181 Å². The molecule has 162 valence electrons. The largest absolute Gasteiger partial charge is 0.392 e. The Balaban J connectivity index is 1.80. The van der Waals surface area contributed by atoms with Gasteiger partial charge in [-0.3, -0.25) is 9.78 Å². The zero-order valence-corrected chi connectivity index (χ0v) is 18.0. The van der Waals surface area contributed by atoms with Crippen LogP contribution in [-0.2, 0) is 15.0 Å². The maximum Gasteiger partial charge on any atom is 0.158 e. The molecule has 0 amide bonds. The van der Waals surface area contributed by atoms with Crippen LogP contribution < -0.4 is 5.32 Å². The van der Waals surface area contributed by atoms with Crippen molar-refractivity contribution in [2.75, 3.05) is 6.54 Å². The molecule has 0 aliphatic carbocycles. The number of ketones is 1. The molecule has 31 heavy (non-hydrogen) atoms. The lowest BCUT2D eigenvalue weighted by Crippen LogP contribution is -2.37. The Hall–Kier alpha value is -2.90. The van der Waals surface area contributed by atoms with E-state index in [4.69, 9.17) is 0 Å². The first kappa shape index (κ1) is 21.3. The second-order valence-corrected chi connectivity index (χ2v) is 9.29. The van der Waals surface area contributed by atoms with E-state index in [-0.39, 0.29) is 11.2 Å². The van der Waals surface area contributed by atoms with E-state index in [1.54, 1.807) is 18.7 Å². The summed E-state index contributed by atoms with van der Waals surface area (Å²) in [4.78, 5) is 37.7. The van der Waals surface area contributed by atoms with Gasteiger partial charge in [-0.2, -0.15) is 0 Å². The molecule has 0 spiro atoms. The second kappa shape index (κ2) is 8.32. The molecule has 3 N–H and O–H groups in total. The molecule has 0 radical (unpaired) electrons. The average molecular weight is 421 g/mol. The van der Waals surface area contributed by atoms with Crippen LogP contribution in [0.5, 0.6) is 0 Å². The molecule has 7 heteroatoms. The maximum atomic E-state index is 13.6. The number of benzene rings is 1. The molecule has 0 bridgehead atoms. The number of carbonyl (C=O) groups excluding carboxylic acids is 2. The van der Waals surface area contributed by atoms with E-state index in [9.17, 15) is 14.7 Å². The number of nitrogens with one attached hydrogen (secondary N) is 2. The number of Topliss-reactive ketones (excluding diaryl/α,β-unsaturated/α-hetero) is 1. The monoisotopic (exact) mass is 420 g/mol. The maximum absolute atomic E-state index is 13.6. The van der Waals surface area contributed by atoms with Gasteiger partial charge in [-0.25, -0.2) is 4.98 Å². The molecule has 1 saturated heterocycles. The van der Waals surface area contributed by atoms with Crippen LogP contribution in [0.25, 0.3) is 11.0 Å². The van der Waals surface area contributed by atoms with E-state index < -0.39 is 24.0 Å². The zero-order valence-electron chi connectivity index (χ0n) is 18.0. The van der Waals surface area contributed by atoms with Crippen LogP contribution in [0.4, 0.5) is 0 Å². The molecule has 1 aliphatic heterocycles. The van der Waals surface area contributed by atoms with Crippen LogP contribution in [0.15, 0.2) is 43.0 Å². The predicted octanol–water partition coefficient (Wildman–Crippen LogP) is 2.61. The van der Waals surface area contributed by atoms with Crippen molar-refractivity contribution in [1.29, 1.82) is 0 Å². The molecule has 4 rings (SSSR count). The predicted molar refractivity (Wildman–Crippen MR) is 118 cm³/mol. The molecule has 2 aromatic heterocycles. The average Bonchev–Trinajstić information content (AvgIpc) is 3.40. The third kappa shape index (κ3) is 4.16. The van der Waals surface area contributed by atoms with Crippen LogP contribution >= 0.6 is 0 Å². The molecule has 1 aliphatic rings. The van der Waals surface area contributed by atoms with Crippen molar-refractivity contribution in [2.24, 2.45) is 0 Å². The van der Waals surface area contributed by atoms with Gasteiger partial charge in [-0.1, -0.05) is 45.0 Å². The Kier molecular flexibility index (Phi) is 5.73. The van der Waals surface area contributed by atoms with Gasteiger partial charge < -0.3 is 20.2 Å². The number of hydrogen-bond donors (Lipinski definition) is 3. The van der Waals surface area contributed by atoms with E-state index in [2.05, 4.69) is 41.0 Å². The Bertz CT molecular complexity index is 1080. The van der Waals surface area contributed by atoms with Crippen molar-refractivity contribution in [3.8, 4) is 0 Å². The zero-order chi connectivity index (χ0) is 22.2. The molecule has 1 fully saturated rings. The standard InChI is InChI=1S/C24H28N4O3/c1-24(2,3)15-6-4-14(5-7-15)21(23(31)19-8-16(30)9-26-19)18(12-29)17-10-25-11-20-22(17)28-13-27-20/h4-7,10-13,16,18-19,21,26,30H,8-9H2,1-3H3,(H,27,28). The van der Waals surface area contributed by atoms with E-state index >= 15 is 0 Å². The number of aliphatic hydroxyl groups is 1. The smallest absolute Gasteiger partial charge is 0.158 e. The highest BCUT2D eigenvalue weighted by Crippen LogP contribution is 2.37. The summed E-state index contributed by atoms with van der Waals surface area (Å²) < 4.78 is 0. The van der Waals surface area contributed by atoms with Gasteiger partial charge >= 0.3 is 0 Å². The second-order valence-electron chi connectivity index (χ2n) is 9.29. The van der Waals surface area contributed by atoms with Crippen LogP contribution in [0.2, 0.25) is 0 Å². The number of fused-ring (bicyclic) bond motifs is 1. The van der Waals surface area contributed by atoms with E-state index in [1.165, 1.54) is 0 Å². The minimum Gasteiger partial charge on any atom is -0.392 e. The Morgan fingerprint density at radius 3 is 2.58 bits per heavy atom. The minimum absolute atomic E-state index is 0.0240. The van der Waals surface area contributed by atoms with Gasteiger partial charge in [0.15, 0.2) is 5.78 Å². The Morgan fingerprint density at radius 1 is 1.23 bits per heavy atom. The molecule has 0 saturated carbocycles. The third-order valence-electron chi connectivity index (χ3n) is 6.12. The SMILES string of the molecule is CC(C)(C)c1ccc(C(C(=O)C2CC(O)CN2)C(C=O)c2cncc3[nH]cnc23)cc1. The van der Waals surface area contributed by atoms with Crippen LogP contribution in [0, 0.1) is 0 Å². The summed E-state index contributed by atoms with van der Waals surface area (Å²) in [6.07, 6.45) is 5.41. The van der Waals surface area contributed by atoms with E-state index in [0.717, 1.165) is 17.4 Å². The topological polar surface area (TPSA) is 108 Å². The summed E-state index contributed by atoms with van der Waals surface area (Å²) in [6.45, 7) is 6.76. The molecule has 3 heterocycles. The minimum atomic E-state index is -0.743. The van der Waals surface area contributed by atoms with Crippen molar-refractivity contribution in [3.63, 3.8) is 0 Å². The molecular weight excluding hydrogens is 392 g/mol. The highest BCUT2D eigenvalue weighted by molar-refractivity contribution is 5.96. The normalized spacial score (nSPS) is 21.2. The van der Waals surface area contributed by atoms with Gasteiger partial charge in [0.1, 0.15) is 6.29 Å². The lowest BCUT2D eigenvalue weighted by molar-refractivity contribution is -0.124. The number of nitrogens with zero attached hydrogens (tertiary/aromatic N) is 2. The molecule has 1 aromatic carbocycles. The number of aldehydes is 1. The van der Waals surface area contributed by atoms with Gasteiger partial charge in [-0.15, -0.1) is 0 Å². The highest BCUT2D eigenvalue weighted by atomic mass is 16.3. The molecule has 4 atom stereocenters. The highest BCUT2D eigenvalue weighted by Gasteiger charge is 2.39. The van der Waals surface area contributed by atoms with Crippen molar-refractivity contribution in [1.82, 2.24) is 20.3 Å². The summed E-state index contributed by atoms with van der Waals surface area (Å²) in [7, 11) is 0. The van der Waals surface area contributed by atoms with Gasteiger partial charge in [0, 0.05) is 18.3 Å². The fourth-order valence-electron chi connectivity index (χ4n) is 4.35. The number of imidazole rings is 1. The first-order valence-electron chi connectivity index (χ1n) is 10.6. The van der Waals surface area contributed by atoms with Crippen LogP contribution in [0.1, 0.15) is 55.7 Å². The summed E-state index contributed by atoms with van der Waals surface area (Å²) in [5, 5.41) is 13.0. The summed E-state index contributed by atoms with van der Waals surface area (Å²) in [6, 6.07) is 7.40. The number of pyridine rings is 1. The van der Waals surface area contributed by atoms with Gasteiger partial charge in [0.05, 0.1) is 47.5 Å². The molecule has 3 aromatic rings. The van der Waals surface area contributed by atoms with E-state index in [0.29, 0.717) is 29.6 Å². The van der Waals surface area contributed by atoms with Crippen molar-refractivity contribution < 1.29 is 14.7 Å². The first-order chi connectivity index (χ1) is 14.8. The van der Waals surface area contributed by atoms with Crippen molar-refractivity contribution in [2.45, 2.75) is 56.6 Å². The molecule has 7 nitrogen and oxygen atoms in total. The first-order valence-corrected chi connectivity index (χ1v) is 10.6. The molecular formula is C24H28N4O3. The van der Waals surface area contributed by atoms with Gasteiger partial charge in [0.2, 0.25) is 0 Å². The number of H-pyrrole nitrogens is 1. The summed E-state index contributed by atoms with van der Waals surface area (Å²) in [5.74, 6) is -1.56. The van der Waals surface area contributed by atoms with Crippen LogP contribution in [0.3, 0.4) is 0 Å². The van der Waals surface area contributed by atoms with Crippen molar-refractivity contribution >= 4 is 23.1 Å². The molecule has 4 unspecified atom stereocenters. The lowest BCUT2D eigenvalue weighted by atomic mass is 9.76. The fourth-order valence-corrected chi connectivity index (χ4v) is 4.35. The lowest BCUT2D eigenvalue weighted by Gasteiger charge is -2.26. The number of aromatic amines is 1. The number of rotatable bonds is 6. The fraction of sp³-hybridized carbons (Fsp3) is 0.417. The number of β-amino-alcohol motifs (C(OH)–C–C–N with tert-alkyl or cyclic N) is 1. The van der Waals surface area contributed by atoms with Crippen LogP contribution in [-0.4, -0.2) is 50.8 Å². The van der Waals surface area contributed by atoms with Crippen molar-refractivity contribution in [3.05, 3.63) is 59.7 Å². The number of carbonyl (C=O) groups is 2. The number of hydrogen-bond acceptors (Lipinski definition) is 6. The quantitative estimate of drug-likeness (QED) is 0.529. The summed E-state index contributed by atoms with van der Waals surface area (Å²) >= 11 is 0. The van der Waals surface area contributed by atoms with Gasteiger partial charge in [-0.05, 0) is 23.0 Å². The Morgan fingerprint density at radius 2 is 1.97 bits per heavy atom. The summed E-state index contributed by atoms with van der Waals surface area (Å²) in [5.41, 5.74) is 3.86. The number of aliphatic hydroxyl groups excluding tert-OH is 1. The number of aromatic nitrogens is 3. The van der Waals surface area contributed by atoms with Gasteiger partial charge in [0.25, 0.3) is 0 Å². The van der Waals surface area contributed by atoms with E-state index in [1.807, 2.05) is 24.3 Å².